The lowest BCUT2D eigenvalue weighted by molar-refractivity contribution is -0.148. The number of amides is 3. The molecule has 4 N–H and O–H groups in total. The van der Waals surface area contributed by atoms with Crippen LogP contribution < -0.4 is 16.4 Å². The van der Waals surface area contributed by atoms with Gasteiger partial charge in [-0.3, -0.25) is 9.59 Å². The summed E-state index contributed by atoms with van der Waals surface area (Å²) < 4.78 is 5.26. The van der Waals surface area contributed by atoms with Crippen LogP contribution in [0.15, 0.2) is 48.5 Å². The molecule has 0 bridgehead atoms. The number of nitrogens with one attached hydrogen (secondary N) is 2. The van der Waals surface area contributed by atoms with Gasteiger partial charge in [0, 0.05) is 0 Å². The number of nitrogens with two attached hydrogens (primary N) is 1. The summed E-state index contributed by atoms with van der Waals surface area (Å²) in [6.45, 7) is 7.45. The lowest BCUT2D eigenvalue weighted by Crippen LogP contribution is -2.38. The second-order valence-electron chi connectivity index (χ2n) is 7.95. The van der Waals surface area contributed by atoms with Crippen LogP contribution in [0.2, 0.25) is 0 Å². The predicted molar refractivity (Wildman–Crippen MR) is 119 cm³/mol. The van der Waals surface area contributed by atoms with Crippen LogP contribution in [0.5, 0.6) is 0 Å². The number of urea groups is 1. The molecule has 2 aromatic rings. The molecule has 0 saturated heterocycles. The van der Waals surface area contributed by atoms with E-state index in [9.17, 15) is 14.4 Å². The molecule has 7 nitrogen and oxygen atoms in total. The van der Waals surface area contributed by atoms with Crippen LogP contribution in [0.25, 0.3) is 0 Å². The third-order valence-electron chi connectivity index (χ3n) is 4.70. The highest BCUT2D eigenvalue weighted by atomic mass is 16.5. The molecule has 2 unspecified atom stereocenters. The van der Waals surface area contributed by atoms with Crippen molar-refractivity contribution < 1.29 is 19.1 Å². The molecule has 2 aromatic carbocycles. The average Bonchev–Trinajstić information content (AvgIpc) is 2.66. The van der Waals surface area contributed by atoms with E-state index in [0.717, 1.165) is 22.3 Å². The van der Waals surface area contributed by atoms with Crippen molar-refractivity contribution in [3.63, 3.8) is 0 Å². The molecular formula is C24H31N3O4. The zero-order valence-corrected chi connectivity index (χ0v) is 18.5. The average molecular weight is 426 g/mol. The fraction of sp³-hybridized carbons (Fsp3) is 0.375. The van der Waals surface area contributed by atoms with Gasteiger partial charge in [-0.25, -0.2) is 4.79 Å². The lowest BCUT2D eigenvalue weighted by atomic mass is 9.99. The molecule has 0 spiro atoms. The highest BCUT2D eigenvalue weighted by Crippen LogP contribution is 2.22. The van der Waals surface area contributed by atoms with Crippen LogP contribution in [0, 0.1) is 13.8 Å². The monoisotopic (exact) mass is 425 g/mol. The minimum atomic E-state index is -0.713. The van der Waals surface area contributed by atoms with Gasteiger partial charge in [0.15, 0.2) is 0 Å². The molecule has 0 aromatic heterocycles. The summed E-state index contributed by atoms with van der Waals surface area (Å²) in [5.41, 5.74) is 8.97. The summed E-state index contributed by atoms with van der Waals surface area (Å²) in [7, 11) is 0. The van der Waals surface area contributed by atoms with E-state index < -0.39 is 24.1 Å². The van der Waals surface area contributed by atoms with E-state index in [2.05, 4.69) is 10.6 Å². The number of benzene rings is 2. The van der Waals surface area contributed by atoms with Gasteiger partial charge in [-0.1, -0.05) is 59.7 Å². The van der Waals surface area contributed by atoms with Crippen LogP contribution in [0.1, 0.15) is 61.0 Å². The smallest absolute Gasteiger partial charge is 0.312 e. The van der Waals surface area contributed by atoms with Crippen molar-refractivity contribution in [1.82, 2.24) is 10.6 Å². The van der Waals surface area contributed by atoms with Gasteiger partial charge in [0.25, 0.3) is 0 Å². The van der Waals surface area contributed by atoms with E-state index >= 15 is 0 Å². The molecule has 31 heavy (non-hydrogen) atoms. The molecule has 2 rings (SSSR count). The Morgan fingerprint density at radius 3 is 2.10 bits per heavy atom. The zero-order chi connectivity index (χ0) is 23.0. The fourth-order valence-corrected chi connectivity index (χ4v) is 3.28. The van der Waals surface area contributed by atoms with Gasteiger partial charge in [0.2, 0.25) is 5.91 Å². The maximum Gasteiger partial charge on any atom is 0.312 e. The van der Waals surface area contributed by atoms with Crippen LogP contribution in [0.4, 0.5) is 4.79 Å². The van der Waals surface area contributed by atoms with E-state index in [4.69, 9.17) is 10.5 Å². The zero-order valence-electron chi connectivity index (χ0n) is 18.5. The maximum atomic E-state index is 12.9. The van der Waals surface area contributed by atoms with E-state index in [1.807, 2.05) is 62.4 Å². The van der Waals surface area contributed by atoms with Crippen molar-refractivity contribution in [2.75, 3.05) is 0 Å². The van der Waals surface area contributed by atoms with Crippen molar-refractivity contribution in [2.45, 2.75) is 58.7 Å². The van der Waals surface area contributed by atoms with Crippen LogP contribution in [-0.2, 0) is 14.3 Å². The number of hydrogen-bond acceptors (Lipinski definition) is 4. The summed E-state index contributed by atoms with van der Waals surface area (Å²) in [5, 5.41) is 5.54. The Labute approximate surface area is 183 Å². The fourth-order valence-electron chi connectivity index (χ4n) is 3.28. The molecule has 0 aliphatic rings. The minimum absolute atomic E-state index is 0.00530. The van der Waals surface area contributed by atoms with Gasteiger partial charge in [-0.15, -0.1) is 0 Å². The van der Waals surface area contributed by atoms with Crippen LogP contribution in [-0.4, -0.2) is 24.0 Å². The van der Waals surface area contributed by atoms with Crippen molar-refractivity contribution in [3.05, 3.63) is 70.8 Å². The summed E-state index contributed by atoms with van der Waals surface area (Å²) in [6.07, 6.45) is -0.258. The Hall–Kier alpha value is -3.35. The normalized spacial score (nSPS) is 12.7. The topological polar surface area (TPSA) is 111 Å². The molecule has 3 amide bonds. The second-order valence-corrected chi connectivity index (χ2v) is 7.95. The van der Waals surface area contributed by atoms with Crippen LogP contribution in [0.3, 0.4) is 0 Å². The van der Waals surface area contributed by atoms with Crippen molar-refractivity contribution in [1.29, 1.82) is 0 Å². The first kappa shape index (κ1) is 23.9. The Kier molecular flexibility index (Phi) is 8.61. The molecule has 0 aliphatic heterocycles. The molecule has 0 radical (unpaired) electrons. The Morgan fingerprint density at radius 1 is 0.871 bits per heavy atom. The van der Waals surface area contributed by atoms with Gasteiger partial charge >= 0.3 is 12.0 Å². The Bertz CT molecular complexity index is 909. The van der Waals surface area contributed by atoms with E-state index in [1.54, 1.807) is 13.8 Å². The molecule has 166 valence electrons. The number of hydrogen-bond donors (Lipinski definition) is 3. The first-order chi connectivity index (χ1) is 14.6. The summed E-state index contributed by atoms with van der Waals surface area (Å²) in [4.78, 5) is 36.6. The third-order valence-corrected chi connectivity index (χ3v) is 4.70. The minimum Gasteiger partial charge on any atom is -0.463 e. The number of rotatable bonds is 9. The molecule has 7 heteroatoms. The first-order valence-corrected chi connectivity index (χ1v) is 10.3. The molecule has 2 atom stereocenters. The van der Waals surface area contributed by atoms with E-state index in [1.165, 1.54) is 0 Å². The first-order valence-electron chi connectivity index (χ1n) is 10.3. The molecular weight excluding hydrogens is 394 g/mol. The SMILES string of the molecule is Cc1ccc(C(CC(=O)OC(C)C)NC(=O)CC(NC(N)=O)c2cccc(C)c2)cc1. The second kappa shape index (κ2) is 11.2. The molecule has 0 heterocycles. The van der Waals surface area contributed by atoms with E-state index in [0.29, 0.717) is 0 Å². The Morgan fingerprint density at radius 2 is 1.52 bits per heavy atom. The third kappa shape index (κ3) is 8.12. The van der Waals surface area contributed by atoms with Crippen LogP contribution >= 0.6 is 0 Å². The quantitative estimate of drug-likeness (QED) is 0.533. The molecule has 0 fully saturated rings. The number of esters is 1. The number of primary amides is 1. The van der Waals surface area contributed by atoms with Gasteiger partial charge in [0.1, 0.15) is 0 Å². The number of ether oxygens (including phenoxy) is 1. The number of aryl methyl sites for hydroxylation is 2. The predicted octanol–water partition coefficient (Wildman–Crippen LogP) is 3.60. The summed E-state index contributed by atoms with van der Waals surface area (Å²) in [6, 6.07) is 13.3. The summed E-state index contributed by atoms with van der Waals surface area (Å²) in [5.74, 6) is -0.713. The summed E-state index contributed by atoms with van der Waals surface area (Å²) >= 11 is 0. The largest absolute Gasteiger partial charge is 0.463 e. The maximum absolute atomic E-state index is 12.9. The highest BCUT2D eigenvalue weighted by Gasteiger charge is 2.23. The van der Waals surface area contributed by atoms with Gasteiger partial charge < -0.3 is 21.1 Å². The van der Waals surface area contributed by atoms with Crippen molar-refractivity contribution >= 4 is 17.9 Å². The lowest BCUT2D eigenvalue weighted by Gasteiger charge is -2.22. The standard InChI is InChI=1S/C24H31N3O4/c1-15(2)31-23(29)14-21(18-10-8-16(3)9-11-18)26-22(28)13-20(27-24(25)30)19-7-5-6-17(4)12-19/h5-12,15,20-21H,13-14H2,1-4H3,(H,26,28)(H3,25,27,30). The molecule has 0 saturated carbocycles. The Balaban J connectivity index is 2.18. The van der Waals surface area contributed by atoms with Gasteiger partial charge in [-0.2, -0.15) is 0 Å². The van der Waals surface area contributed by atoms with Crippen molar-refractivity contribution in [2.24, 2.45) is 5.73 Å². The number of carbonyl (C=O) groups excluding carboxylic acids is 3. The van der Waals surface area contributed by atoms with E-state index in [-0.39, 0.29) is 24.9 Å². The van der Waals surface area contributed by atoms with Gasteiger partial charge in [-0.05, 0) is 38.8 Å². The highest BCUT2D eigenvalue weighted by molar-refractivity contribution is 5.80. The number of carbonyl (C=O) groups is 3. The van der Waals surface area contributed by atoms with Gasteiger partial charge in [0.05, 0.1) is 31.0 Å². The van der Waals surface area contributed by atoms with Crippen molar-refractivity contribution in [3.8, 4) is 0 Å². The molecule has 0 aliphatic carbocycles.